The molecule has 2 saturated heterocycles. The molecule has 0 aromatic heterocycles. The minimum Gasteiger partial charge on any atom is -0.456 e. The van der Waals surface area contributed by atoms with Crippen molar-refractivity contribution in [2.75, 3.05) is 0 Å². The molecule has 0 amide bonds. The Bertz CT molecular complexity index is 670. The van der Waals surface area contributed by atoms with Gasteiger partial charge >= 0.3 is 5.97 Å². The maximum absolute atomic E-state index is 13.0. The molecule has 3 aliphatic heterocycles. The predicted octanol–water partition coefficient (Wildman–Crippen LogP) is 3.43. The molecular formula is C23H34O5. The second-order valence-electron chi connectivity index (χ2n) is 9.27. The Balaban J connectivity index is 1.51. The third-order valence-corrected chi connectivity index (χ3v) is 7.36. The first-order valence-electron chi connectivity index (χ1n) is 11.1. The number of ether oxygens (including phenoxy) is 2. The van der Waals surface area contributed by atoms with E-state index in [0.29, 0.717) is 19.3 Å². The Morgan fingerprint density at radius 1 is 1.21 bits per heavy atom. The molecule has 3 heterocycles. The van der Waals surface area contributed by atoms with Crippen molar-refractivity contribution in [3.05, 3.63) is 23.8 Å². The van der Waals surface area contributed by atoms with E-state index >= 15 is 0 Å². The summed E-state index contributed by atoms with van der Waals surface area (Å²) in [5.74, 6) is -0.668. The van der Waals surface area contributed by atoms with Gasteiger partial charge in [-0.15, -0.1) is 0 Å². The molecule has 0 unspecified atom stereocenters. The number of esters is 1. The van der Waals surface area contributed by atoms with Crippen LogP contribution in [0.5, 0.6) is 0 Å². The van der Waals surface area contributed by atoms with Gasteiger partial charge in [-0.25, -0.2) is 4.79 Å². The fourth-order valence-corrected chi connectivity index (χ4v) is 5.95. The number of aliphatic hydroxyl groups excluding tert-OH is 2. The number of aliphatic hydroxyl groups is 2. The lowest BCUT2D eigenvalue weighted by atomic mass is 9.57. The summed E-state index contributed by atoms with van der Waals surface area (Å²) >= 11 is 0. The van der Waals surface area contributed by atoms with Crippen LogP contribution in [0.2, 0.25) is 0 Å². The Morgan fingerprint density at radius 2 is 2.00 bits per heavy atom. The van der Waals surface area contributed by atoms with Crippen molar-refractivity contribution in [3.63, 3.8) is 0 Å². The number of hydrogen-bond donors (Lipinski definition) is 2. The van der Waals surface area contributed by atoms with Gasteiger partial charge in [-0.1, -0.05) is 50.8 Å². The first kappa shape index (κ1) is 20.1. The summed E-state index contributed by atoms with van der Waals surface area (Å²) in [7, 11) is 0. The van der Waals surface area contributed by atoms with Crippen LogP contribution >= 0.6 is 0 Å². The lowest BCUT2D eigenvalue weighted by Crippen LogP contribution is -2.75. The number of unbranched alkanes of at least 4 members (excludes halogenated alkanes) is 5. The number of carbonyl (C=O) groups excluding carboxylic acids is 1. The van der Waals surface area contributed by atoms with Gasteiger partial charge in [0.15, 0.2) is 5.60 Å². The Labute approximate surface area is 167 Å². The van der Waals surface area contributed by atoms with Crippen molar-refractivity contribution in [2.45, 2.75) is 101 Å². The summed E-state index contributed by atoms with van der Waals surface area (Å²) < 4.78 is 12.2. The fraction of sp³-hybridized carbons (Fsp3) is 0.783. The Hall–Kier alpha value is -1.17. The van der Waals surface area contributed by atoms with Crippen LogP contribution in [-0.4, -0.2) is 45.7 Å². The van der Waals surface area contributed by atoms with Crippen molar-refractivity contribution < 1.29 is 24.5 Å². The second kappa shape index (κ2) is 7.58. The molecular weight excluding hydrogens is 356 g/mol. The smallest absolute Gasteiger partial charge is 0.342 e. The van der Waals surface area contributed by atoms with Crippen LogP contribution in [0.4, 0.5) is 0 Å². The molecule has 0 aromatic carbocycles. The first-order chi connectivity index (χ1) is 13.4. The minimum absolute atomic E-state index is 0.0158. The highest BCUT2D eigenvalue weighted by Gasteiger charge is 2.74. The van der Waals surface area contributed by atoms with E-state index in [-0.39, 0.29) is 17.9 Å². The van der Waals surface area contributed by atoms with E-state index in [1.54, 1.807) is 0 Å². The topological polar surface area (TPSA) is 76.0 Å². The van der Waals surface area contributed by atoms with Crippen LogP contribution in [0.3, 0.4) is 0 Å². The van der Waals surface area contributed by atoms with Crippen LogP contribution < -0.4 is 0 Å². The normalized spacial score (nSPS) is 44.4. The van der Waals surface area contributed by atoms with E-state index in [1.165, 1.54) is 25.7 Å². The molecule has 0 aromatic rings. The Morgan fingerprint density at radius 3 is 2.75 bits per heavy atom. The molecule has 156 valence electrons. The van der Waals surface area contributed by atoms with Crippen LogP contribution in [0.1, 0.15) is 71.6 Å². The second-order valence-corrected chi connectivity index (χ2v) is 9.27. The quantitative estimate of drug-likeness (QED) is 0.396. The zero-order valence-electron chi connectivity index (χ0n) is 17.1. The highest BCUT2D eigenvalue weighted by Crippen LogP contribution is 2.61. The summed E-state index contributed by atoms with van der Waals surface area (Å²) in [6, 6.07) is 0. The molecule has 2 spiro atoms. The average molecular weight is 391 g/mol. The minimum atomic E-state index is -1.33. The third kappa shape index (κ3) is 3.06. The summed E-state index contributed by atoms with van der Waals surface area (Å²) in [4.78, 5) is 13.0. The van der Waals surface area contributed by atoms with Gasteiger partial charge in [0, 0.05) is 24.7 Å². The van der Waals surface area contributed by atoms with Gasteiger partial charge in [0.05, 0.1) is 18.3 Å². The molecule has 2 aliphatic carbocycles. The van der Waals surface area contributed by atoms with Crippen molar-refractivity contribution in [2.24, 2.45) is 11.8 Å². The molecule has 2 saturated carbocycles. The van der Waals surface area contributed by atoms with E-state index in [0.717, 1.165) is 18.4 Å². The lowest BCUT2D eigenvalue weighted by Gasteiger charge is -2.60. The molecule has 0 radical (unpaired) electrons. The summed E-state index contributed by atoms with van der Waals surface area (Å²) in [5.41, 5.74) is -0.989. The van der Waals surface area contributed by atoms with Crippen molar-refractivity contribution in [1.82, 2.24) is 0 Å². The van der Waals surface area contributed by atoms with E-state index in [4.69, 9.17) is 9.47 Å². The number of hydrogen-bond acceptors (Lipinski definition) is 5. The molecule has 2 N–H and O–H groups in total. The van der Waals surface area contributed by atoms with E-state index in [9.17, 15) is 15.0 Å². The van der Waals surface area contributed by atoms with Gasteiger partial charge in [0.2, 0.25) is 0 Å². The fourth-order valence-electron chi connectivity index (χ4n) is 5.95. The number of fused-ring (bicyclic) bond motifs is 2. The average Bonchev–Trinajstić information content (AvgIpc) is 2.96. The summed E-state index contributed by atoms with van der Waals surface area (Å²) in [5, 5.41) is 21.1. The summed E-state index contributed by atoms with van der Waals surface area (Å²) in [6.45, 7) is 4.25. The largest absolute Gasteiger partial charge is 0.456 e. The van der Waals surface area contributed by atoms with Gasteiger partial charge in [-0.2, -0.15) is 0 Å². The monoisotopic (exact) mass is 390 g/mol. The third-order valence-electron chi connectivity index (χ3n) is 7.36. The maximum Gasteiger partial charge on any atom is 0.342 e. The number of rotatable bonds is 7. The van der Waals surface area contributed by atoms with E-state index in [1.807, 2.05) is 13.0 Å². The molecule has 5 aliphatic rings. The first-order valence-corrected chi connectivity index (χ1v) is 11.1. The van der Waals surface area contributed by atoms with Gasteiger partial charge < -0.3 is 19.7 Å². The van der Waals surface area contributed by atoms with Crippen LogP contribution in [0.25, 0.3) is 0 Å². The molecule has 5 rings (SSSR count). The van der Waals surface area contributed by atoms with Gasteiger partial charge in [-0.05, 0) is 31.8 Å². The lowest BCUT2D eigenvalue weighted by molar-refractivity contribution is -0.290. The number of allylic oxidation sites excluding steroid dienone is 1. The van der Waals surface area contributed by atoms with Gasteiger partial charge in [0.25, 0.3) is 0 Å². The van der Waals surface area contributed by atoms with Gasteiger partial charge in [-0.3, -0.25) is 0 Å². The molecule has 4 fully saturated rings. The highest BCUT2D eigenvalue weighted by atomic mass is 16.6. The molecule has 7 atom stereocenters. The van der Waals surface area contributed by atoms with Gasteiger partial charge in [0.1, 0.15) is 5.60 Å². The van der Waals surface area contributed by atoms with Crippen molar-refractivity contribution >= 4 is 5.97 Å². The van der Waals surface area contributed by atoms with Crippen LogP contribution in [0.15, 0.2) is 23.8 Å². The number of carbonyl (C=O) groups is 1. The Kier molecular flexibility index (Phi) is 5.45. The molecule has 28 heavy (non-hydrogen) atoms. The molecule has 2 bridgehead atoms. The molecule has 5 nitrogen and oxygen atoms in total. The van der Waals surface area contributed by atoms with Crippen molar-refractivity contribution in [1.29, 1.82) is 0 Å². The van der Waals surface area contributed by atoms with E-state index in [2.05, 4.69) is 19.1 Å². The van der Waals surface area contributed by atoms with Crippen LogP contribution in [0, 0.1) is 11.8 Å². The van der Waals surface area contributed by atoms with Crippen molar-refractivity contribution in [3.8, 4) is 0 Å². The van der Waals surface area contributed by atoms with E-state index < -0.39 is 29.4 Å². The zero-order valence-corrected chi connectivity index (χ0v) is 17.1. The maximum atomic E-state index is 13.0. The highest BCUT2D eigenvalue weighted by molar-refractivity contribution is 5.85. The predicted molar refractivity (Wildman–Crippen MR) is 106 cm³/mol. The molecule has 5 heteroatoms. The standard InChI is InChI=1S/C23H34O5/c1-3-4-5-6-7-8-9-10-19-15(2)11-18-17-12-16(24)13-22(17)14-20(25)23(18,27-19)21(26)28-22/h9-11,16-20,24-25H,3-8,12-14H2,1-2H3/b10-9+/t16-,17+,18-,19-,20-,22-,23+/m1/s1. The summed E-state index contributed by atoms with van der Waals surface area (Å²) in [6.07, 6.45) is 13.2. The van der Waals surface area contributed by atoms with Crippen LogP contribution in [-0.2, 0) is 14.3 Å². The SMILES string of the molecule is CCCCCCC/C=C/[C@H]1O[C@@]23C(=O)O[C@]4(C[C@H](O)C[C@H]4[C@H]2C=C1C)C[C@H]3O. The zero-order chi connectivity index (χ0) is 19.9.